The molecule has 5 rings (SSSR count). The molecular weight excluding hydrogens is 642 g/mol. The molecule has 15 nitrogen and oxygen atoms in total. The maximum atomic E-state index is 13.3. The summed E-state index contributed by atoms with van der Waals surface area (Å²) < 4.78 is 12.1. The van der Waals surface area contributed by atoms with E-state index in [0.717, 1.165) is 9.80 Å². The Labute approximate surface area is 310 Å². The van der Waals surface area contributed by atoms with E-state index in [0.29, 0.717) is 5.56 Å². The minimum atomic E-state index is -1.75. The van der Waals surface area contributed by atoms with Crippen molar-refractivity contribution >= 4 is 29.8 Å². The molecule has 2 aliphatic heterocycles. The van der Waals surface area contributed by atoms with Crippen molar-refractivity contribution in [3.05, 3.63) is 81.9 Å². The van der Waals surface area contributed by atoms with E-state index in [-0.39, 0.29) is 123 Å². The number of fused-ring (bicyclic) bond motifs is 6. The maximum absolute atomic E-state index is 13.3. The zero-order chi connectivity index (χ0) is 32.6. The van der Waals surface area contributed by atoms with Crippen LogP contribution in [0.4, 0.5) is 0 Å². The van der Waals surface area contributed by atoms with E-state index in [2.05, 4.69) is 0 Å². The van der Waals surface area contributed by atoms with Gasteiger partial charge in [0.15, 0.2) is 5.60 Å². The number of phenolic OH excluding ortho intramolecular Hbond substituents is 2. The van der Waals surface area contributed by atoms with Crippen LogP contribution in [0.3, 0.4) is 0 Å². The fraction of sp³-hybridized carbons (Fsp3) is 0.233. The Balaban J connectivity index is 0.00000300. The SMILES string of the molecule is O=C(O)CN(CC(=O)O)Cc1cc2c(cc1O)Oc1cc(O)c(CN(CC(=O)O)CC(=O)O)cc1C21OC(=O)c2ccccc21.[Na+].[Na+]. The van der Waals surface area contributed by atoms with Gasteiger partial charge in [-0.05, 0) is 18.2 Å². The molecule has 0 unspecified atom stereocenters. The summed E-state index contributed by atoms with van der Waals surface area (Å²) in [7, 11) is 0. The van der Waals surface area contributed by atoms with Crippen LogP contribution in [0.5, 0.6) is 23.0 Å². The summed E-state index contributed by atoms with van der Waals surface area (Å²) in [5.74, 6) is -6.62. The number of hydrogen-bond donors (Lipinski definition) is 6. The van der Waals surface area contributed by atoms with Crippen molar-refractivity contribution in [2.24, 2.45) is 0 Å². The molecule has 234 valence electrons. The van der Waals surface area contributed by atoms with Gasteiger partial charge in [-0.15, -0.1) is 0 Å². The number of nitrogens with zero attached hydrogens (tertiary/aromatic N) is 2. The van der Waals surface area contributed by atoms with Crippen LogP contribution in [0.15, 0.2) is 48.5 Å². The Morgan fingerprint density at radius 1 is 0.638 bits per heavy atom. The summed E-state index contributed by atoms with van der Waals surface area (Å²) in [5, 5.41) is 59.0. The van der Waals surface area contributed by atoms with E-state index in [9.17, 15) is 54.6 Å². The third-order valence-electron chi connectivity index (χ3n) is 7.34. The van der Waals surface area contributed by atoms with Gasteiger partial charge in [-0.25, -0.2) is 4.79 Å². The van der Waals surface area contributed by atoms with Crippen molar-refractivity contribution < 1.29 is 123 Å². The number of carbonyl (C=O) groups excluding carboxylic acids is 1. The quantitative estimate of drug-likeness (QED) is 0.0791. The summed E-state index contributed by atoms with van der Waals surface area (Å²) in [6, 6.07) is 11.7. The summed E-state index contributed by atoms with van der Waals surface area (Å²) in [6.45, 7) is -3.27. The maximum Gasteiger partial charge on any atom is 1.00 e. The predicted octanol–water partition coefficient (Wildman–Crippen LogP) is -4.38. The Hall–Kier alpha value is -3.67. The average molecular weight is 669 g/mol. The second-order valence-corrected chi connectivity index (χ2v) is 10.5. The van der Waals surface area contributed by atoms with Crippen LogP contribution in [-0.2, 0) is 42.6 Å². The fourth-order valence-corrected chi connectivity index (χ4v) is 5.66. The van der Waals surface area contributed by atoms with E-state index in [4.69, 9.17) is 9.47 Å². The van der Waals surface area contributed by atoms with Gasteiger partial charge in [-0.2, -0.15) is 0 Å². The number of carboxylic acids is 4. The third-order valence-corrected chi connectivity index (χ3v) is 7.34. The van der Waals surface area contributed by atoms with Gasteiger partial charge in [0.2, 0.25) is 0 Å². The molecule has 2 aliphatic rings. The van der Waals surface area contributed by atoms with E-state index >= 15 is 0 Å². The van der Waals surface area contributed by atoms with Crippen molar-refractivity contribution in [3.8, 4) is 23.0 Å². The zero-order valence-electron chi connectivity index (χ0n) is 25.3. The van der Waals surface area contributed by atoms with Gasteiger partial charge in [0.1, 0.15) is 23.0 Å². The van der Waals surface area contributed by atoms with E-state index in [1.807, 2.05) is 0 Å². The molecule has 1 spiro atoms. The smallest absolute Gasteiger partial charge is 0.507 e. The van der Waals surface area contributed by atoms with Crippen LogP contribution in [0.2, 0.25) is 0 Å². The number of aliphatic carboxylic acids is 4. The van der Waals surface area contributed by atoms with Gasteiger partial charge >= 0.3 is 89.0 Å². The first-order chi connectivity index (χ1) is 21.3. The summed E-state index contributed by atoms with van der Waals surface area (Å²) in [4.78, 5) is 61.0. The molecule has 0 aliphatic carbocycles. The van der Waals surface area contributed by atoms with Crippen molar-refractivity contribution in [2.45, 2.75) is 18.7 Å². The average Bonchev–Trinajstić information content (AvgIpc) is 3.22. The van der Waals surface area contributed by atoms with Crippen molar-refractivity contribution in [1.82, 2.24) is 9.80 Å². The van der Waals surface area contributed by atoms with Crippen LogP contribution in [-0.4, -0.2) is 96.5 Å². The molecule has 0 radical (unpaired) electrons. The molecule has 0 fully saturated rings. The standard InChI is InChI=1S/C30H26N2O13.2Na/c33-21-7-23-19(5-15(21)9-31(11-25(35)36)12-26(37)38)30(18-4-2-1-3-17(18)29(43)45-30)20-6-16(22(34)8-24(20)44-23)10-32(13-27(39)40)14-28(41)42;;/h1-8,33-34H,9-14H2,(H,35,36)(H,37,38)(H,39,40)(H,41,42);;/q;2*+1. The van der Waals surface area contributed by atoms with Crippen LogP contribution in [0.25, 0.3) is 0 Å². The monoisotopic (exact) mass is 668 g/mol. The zero-order valence-corrected chi connectivity index (χ0v) is 29.3. The number of benzene rings is 3. The number of carboxylic acid groups (broad SMARTS) is 4. The predicted molar refractivity (Wildman–Crippen MR) is 149 cm³/mol. The van der Waals surface area contributed by atoms with Crippen LogP contribution >= 0.6 is 0 Å². The number of hydrogen-bond acceptors (Lipinski definition) is 11. The second-order valence-electron chi connectivity index (χ2n) is 10.5. The normalized spacial score (nSPS) is 13.4. The number of esters is 1. The Morgan fingerprint density at radius 3 is 1.45 bits per heavy atom. The molecule has 0 aromatic heterocycles. The summed E-state index contributed by atoms with van der Waals surface area (Å²) >= 11 is 0. The molecule has 3 aromatic carbocycles. The van der Waals surface area contributed by atoms with Gasteiger partial charge in [-0.3, -0.25) is 29.0 Å². The van der Waals surface area contributed by atoms with Crippen LogP contribution in [0.1, 0.15) is 38.2 Å². The third kappa shape index (κ3) is 7.74. The van der Waals surface area contributed by atoms with Crippen LogP contribution < -0.4 is 63.9 Å². The van der Waals surface area contributed by atoms with E-state index < -0.39 is 61.6 Å². The van der Waals surface area contributed by atoms with Crippen molar-refractivity contribution in [3.63, 3.8) is 0 Å². The fourth-order valence-electron chi connectivity index (χ4n) is 5.66. The van der Waals surface area contributed by atoms with Crippen molar-refractivity contribution in [2.75, 3.05) is 26.2 Å². The summed E-state index contributed by atoms with van der Waals surface area (Å²) in [5.41, 5.74) is -0.636. The van der Waals surface area contributed by atoms with Gasteiger partial charge in [0.05, 0.1) is 31.7 Å². The molecule has 0 amide bonds. The minimum absolute atomic E-state index is 0. The molecule has 47 heavy (non-hydrogen) atoms. The van der Waals surface area contributed by atoms with Crippen LogP contribution in [0, 0.1) is 0 Å². The molecule has 0 bridgehead atoms. The topological polar surface area (TPSA) is 232 Å². The first-order valence-corrected chi connectivity index (χ1v) is 13.3. The van der Waals surface area contributed by atoms with Gasteiger partial charge < -0.3 is 40.1 Å². The molecule has 2 heterocycles. The van der Waals surface area contributed by atoms with E-state index in [1.165, 1.54) is 30.3 Å². The first-order valence-electron chi connectivity index (χ1n) is 13.3. The molecule has 17 heteroatoms. The Morgan fingerprint density at radius 2 is 1.04 bits per heavy atom. The van der Waals surface area contributed by atoms with Crippen molar-refractivity contribution in [1.29, 1.82) is 0 Å². The number of rotatable bonds is 12. The molecular formula is C30H26N2Na2O13+2. The first kappa shape index (κ1) is 37.8. The van der Waals surface area contributed by atoms with Gasteiger partial charge in [0.25, 0.3) is 0 Å². The molecule has 6 N–H and O–H groups in total. The molecule has 0 atom stereocenters. The number of ether oxygens (including phenoxy) is 2. The summed E-state index contributed by atoms with van der Waals surface area (Å²) in [6.07, 6.45) is 0. The number of aromatic hydroxyl groups is 2. The number of phenols is 2. The molecule has 0 saturated heterocycles. The second kappa shape index (κ2) is 15.0. The molecule has 3 aromatic rings. The largest absolute Gasteiger partial charge is 1.00 e. The van der Waals surface area contributed by atoms with Gasteiger partial charge in [-0.1, -0.05) is 18.2 Å². The Bertz CT molecular complexity index is 1640. The minimum Gasteiger partial charge on any atom is -0.507 e. The number of carbonyl (C=O) groups is 5. The molecule has 0 saturated carbocycles. The Kier molecular flexibility index (Phi) is 12.1. The van der Waals surface area contributed by atoms with Gasteiger partial charge in [0, 0.05) is 53.0 Å². The van der Waals surface area contributed by atoms with E-state index in [1.54, 1.807) is 18.2 Å².